The molecular formula is C26H32N2O3. The summed E-state index contributed by atoms with van der Waals surface area (Å²) in [5, 5.41) is 3.16. The first kappa shape index (κ1) is 21.3. The van der Waals surface area contributed by atoms with Gasteiger partial charge in [0.1, 0.15) is 11.5 Å². The minimum absolute atomic E-state index is 0.0374. The quantitative estimate of drug-likeness (QED) is 0.649. The summed E-state index contributed by atoms with van der Waals surface area (Å²) in [4.78, 5) is 15.4. The standard InChI is InChI=1S/C26H32N2O3/c1-18-22(26(29)27-17-20-9-10-20)16-24(23-15-21(30-2)11-12-25(23)31-3)28(18)14-13-19-7-5-4-6-8-19/h4-8,11-12,15,20,24H,9-10,13-14,16-17H2,1-3H3,(H,27,29). The summed E-state index contributed by atoms with van der Waals surface area (Å²) < 4.78 is 11.2. The molecule has 0 radical (unpaired) electrons. The van der Waals surface area contributed by atoms with Crippen molar-refractivity contribution in [3.8, 4) is 11.5 Å². The lowest BCUT2D eigenvalue weighted by Crippen LogP contribution is -2.27. The highest BCUT2D eigenvalue weighted by molar-refractivity contribution is 5.94. The van der Waals surface area contributed by atoms with Crippen LogP contribution in [0.1, 0.15) is 43.4 Å². The first-order valence-electron chi connectivity index (χ1n) is 11.1. The van der Waals surface area contributed by atoms with Crippen LogP contribution in [-0.4, -0.2) is 38.1 Å². The van der Waals surface area contributed by atoms with Gasteiger partial charge >= 0.3 is 0 Å². The summed E-state index contributed by atoms with van der Waals surface area (Å²) in [5.74, 6) is 2.35. The Balaban J connectivity index is 1.61. The van der Waals surface area contributed by atoms with Crippen molar-refractivity contribution in [1.82, 2.24) is 10.2 Å². The first-order valence-corrected chi connectivity index (χ1v) is 11.1. The van der Waals surface area contributed by atoms with E-state index in [0.717, 1.165) is 47.8 Å². The second kappa shape index (κ2) is 9.46. The molecule has 2 aromatic carbocycles. The number of benzene rings is 2. The van der Waals surface area contributed by atoms with Crippen LogP contribution in [-0.2, 0) is 11.2 Å². The number of nitrogens with zero attached hydrogens (tertiary/aromatic N) is 1. The van der Waals surface area contributed by atoms with Gasteiger partial charge in [-0.05, 0) is 55.9 Å². The summed E-state index contributed by atoms with van der Waals surface area (Å²) >= 11 is 0. The molecule has 2 aromatic rings. The van der Waals surface area contributed by atoms with E-state index in [4.69, 9.17) is 9.47 Å². The highest BCUT2D eigenvalue weighted by atomic mass is 16.5. The summed E-state index contributed by atoms with van der Waals surface area (Å²) in [6.45, 7) is 3.69. The maximum Gasteiger partial charge on any atom is 0.249 e. The zero-order valence-corrected chi connectivity index (χ0v) is 18.7. The molecule has 164 valence electrons. The van der Waals surface area contributed by atoms with Crippen LogP contribution in [0.15, 0.2) is 59.8 Å². The molecule has 1 amide bonds. The highest BCUT2D eigenvalue weighted by Crippen LogP contribution is 2.43. The Morgan fingerprint density at radius 2 is 1.87 bits per heavy atom. The average molecular weight is 421 g/mol. The van der Waals surface area contributed by atoms with Gasteiger partial charge in [0.15, 0.2) is 0 Å². The van der Waals surface area contributed by atoms with Crippen LogP contribution in [0, 0.1) is 5.92 Å². The fourth-order valence-electron chi connectivity index (χ4n) is 4.38. The molecule has 1 aliphatic carbocycles. The molecular weight excluding hydrogens is 388 g/mol. The van der Waals surface area contributed by atoms with E-state index >= 15 is 0 Å². The molecule has 0 spiro atoms. The SMILES string of the molecule is COc1ccc(OC)c(C2CC(C(=O)NCC3CC3)=C(C)N2CCc2ccccc2)c1. The lowest BCUT2D eigenvalue weighted by Gasteiger charge is -2.30. The number of amides is 1. The van der Waals surface area contributed by atoms with Gasteiger partial charge in [-0.3, -0.25) is 4.79 Å². The molecule has 1 saturated carbocycles. The molecule has 5 nitrogen and oxygen atoms in total. The number of hydrogen-bond acceptors (Lipinski definition) is 4. The van der Waals surface area contributed by atoms with Crippen molar-refractivity contribution < 1.29 is 14.3 Å². The molecule has 1 N–H and O–H groups in total. The fourth-order valence-corrected chi connectivity index (χ4v) is 4.38. The Bertz CT molecular complexity index is 950. The molecule has 0 bridgehead atoms. The van der Waals surface area contributed by atoms with Gasteiger partial charge in [0, 0.05) is 36.3 Å². The zero-order valence-electron chi connectivity index (χ0n) is 18.7. The van der Waals surface area contributed by atoms with Crippen molar-refractivity contribution in [2.75, 3.05) is 27.3 Å². The van der Waals surface area contributed by atoms with Gasteiger partial charge < -0.3 is 19.7 Å². The van der Waals surface area contributed by atoms with Crippen LogP contribution in [0.4, 0.5) is 0 Å². The second-order valence-corrected chi connectivity index (χ2v) is 8.47. The van der Waals surface area contributed by atoms with Crippen LogP contribution in [0.25, 0.3) is 0 Å². The van der Waals surface area contributed by atoms with Crippen LogP contribution in [0.5, 0.6) is 11.5 Å². The summed E-state index contributed by atoms with van der Waals surface area (Å²) in [6.07, 6.45) is 4.04. The summed E-state index contributed by atoms with van der Waals surface area (Å²) in [7, 11) is 3.37. The molecule has 1 heterocycles. The summed E-state index contributed by atoms with van der Waals surface area (Å²) in [5.41, 5.74) is 4.28. The Morgan fingerprint density at radius 1 is 1.10 bits per heavy atom. The van der Waals surface area contributed by atoms with E-state index in [1.807, 2.05) is 24.3 Å². The molecule has 1 unspecified atom stereocenters. The zero-order chi connectivity index (χ0) is 21.8. The maximum atomic E-state index is 13.0. The molecule has 4 rings (SSSR count). The van der Waals surface area contributed by atoms with E-state index in [1.54, 1.807) is 14.2 Å². The molecule has 2 aliphatic rings. The molecule has 31 heavy (non-hydrogen) atoms. The van der Waals surface area contributed by atoms with Crippen LogP contribution in [0.2, 0.25) is 0 Å². The topological polar surface area (TPSA) is 50.8 Å². The van der Waals surface area contributed by atoms with E-state index in [0.29, 0.717) is 12.3 Å². The Morgan fingerprint density at radius 3 is 2.55 bits per heavy atom. The van der Waals surface area contributed by atoms with E-state index in [2.05, 4.69) is 41.4 Å². The maximum absolute atomic E-state index is 13.0. The van der Waals surface area contributed by atoms with Crippen LogP contribution in [0.3, 0.4) is 0 Å². The van der Waals surface area contributed by atoms with Crippen molar-refractivity contribution in [2.45, 2.75) is 38.6 Å². The summed E-state index contributed by atoms with van der Waals surface area (Å²) in [6, 6.07) is 16.4. The van der Waals surface area contributed by atoms with Crippen molar-refractivity contribution in [3.05, 3.63) is 70.9 Å². The Hall–Kier alpha value is -2.95. The van der Waals surface area contributed by atoms with Gasteiger partial charge in [-0.1, -0.05) is 30.3 Å². The lowest BCUT2D eigenvalue weighted by molar-refractivity contribution is -0.117. The molecule has 0 saturated heterocycles. The van der Waals surface area contributed by atoms with Crippen molar-refractivity contribution in [3.63, 3.8) is 0 Å². The van der Waals surface area contributed by atoms with Gasteiger partial charge in [-0.2, -0.15) is 0 Å². The highest BCUT2D eigenvalue weighted by Gasteiger charge is 2.35. The van der Waals surface area contributed by atoms with E-state index < -0.39 is 0 Å². The third-order valence-electron chi connectivity index (χ3n) is 6.44. The number of hydrogen-bond donors (Lipinski definition) is 1. The van der Waals surface area contributed by atoms with E-state index in [-0.39, 0.29) is 11.9 Å². The molecule has 1 fully saturated rings. The number of allylic oxidation sites excluding steroid dienone is 1. The minimum atomic E-state index is 0.0374. The molecule has 5 heteroatoms. The Labute approximate surface area is 185 Å². The normalized spacial score (nSPS) is 18.3. The second-order valence-electron chi connectivity index (χ2n) is 8.47. The molecule has 1 aliphatic heterocycles. The largest absolute Gasteiger partial charge is 0.497 e. The smallest absolute Gasteiger partial charge is 0.249 e. The Kier molecular flexibility index (Phi) is 6.50. The predicted octanol–water partition coefficient (Wildman–Crippen LogP) is 4.49. The minimum Gasteiger partial charge on any atom is -0.497 e. The average Bonchev–Trinajstić information content (AvgIpc) is 3.58. The number of carbonyl (C=O) groups excluding carboxylic acids is 1. The van der Waals surface area contributed by atoms with Crippen molar-refractivity contribution in [2.24, 2.45) is 5.92 Å². The van der Waals surface area contributed by atoms with Crippen LogP contribution < -0.4 is 14.8 Å². The monoisotopic (exact) mass is 420 g/mol. The lowest BCUT2D eigenvalue weighted by atomic mass is 9.99. The molecule has 0 aromatic heterocycles. The van der Waals surface area contributed by atoms with Gasteiger partial charge in [0.05, 0.1) is 20.3 Å². The predicted molar refractivity (Wildman–Crippen MR) is 122 cm³/mol. The number of ether oxygens (including phenoxy) is 2. The molecule has 1 atom stereocenters. The van der Waals surface area contributed by atoms with Crippen molar-refractivity contribution >= 4 is 5.91 Å². The number of nitrogens with one attached hydrogen (secondary N) is 1. The first-order chi connectivity index (χ1) is 15.1. The van der Waals surface area contributed by atoms with E-state index in [1.165, 1.54) is 18.4 Å². The van der Waals surface area contributed by atoms with Crippen LogP contribution >= 0.6 is 0 Å². The fraction of sp³-hybridized carbons (Fsp3) is 0.423. The van der Waals surface area contributed by atoms with Gasteiger partial charge in [0.2, 0.25) is 5.91 Å². The van der Waals surface area contributed by atoms with Crippen molar-refractivity contribution in [1.29, 1.82) is 0 Å². The number of methoxy groups -OCH3 is 2. The third kappa shape index (κ3) is 4.87. The van der Waals surface area contributed by atoms with Gasteiger partial charge in [-0.15, -0.1) is 0 Å². The van der Waals surface area contributed by atoms with Gasteiger partial charge in [0.25, 0.3) is 0 Å². The number of carbonyl (C=O) groups is 1. The third-order valence-corrected chi connectivity index (χ3v) is 6.44. The van der Waals surface area contributed by atoms with E-state index in [9.17, 15) is 4.79 Å². The number of rotatable bonds is 9. The van der Waals surface area contributed by atoms with Gasteiger partial charge in [-0.25, -0.2) is 0 Å².